The minimum Gasteiger partial charge on any atom is -0.437 e. The van der Waals surface area contributed by atoms with Crippen molar-refractivity contribution in [1.82, 2.24) is 15.0 Å². The summed E-state index contributed by atoms with van der Waals surface area (Å²) in [6, 6.07) is 17.7. The van der Waals surface area contributed by atoms with Crippen molar-refractivity contribution in [3.05, 3.63) is 72.7 Å². The Morgan fingerprint density at radius 1 is 0.885 bits per heavy atom. The van der Waals surface area contributed by atoms with Crippen molar-refractivity contribution in [2.24, 2.45) is 0 Å². The molecular formula is C20H17N5O. The van der Waals surface area contributed by atoms with E-state index in [1.54, 1.807) is 6.20 Å². The van der Waals surface area contributed by atoms with Crippen molar-refractivity contribution in [1.29, 1.82) is 0 Å². The fraction of sp³-hybridized carbons (Fsp3) is 0.0500. The molecule has 0 amide bonds. The van der Waals surface area contributed by atoms with Crippen LogP contribution in [0, 0.1) is 6.92 Å². The monoisotopic (exact) mass is 343 g/mol. The number of nitrogen functional groups attached to an aromatic ring is 1. The molecule has 6 heteroatoms. The molecule has 0 aliphatic carbocycles. The number of nitrogens with one attached hydrogen (secondary N) is 1. The number of rotatable bonds is 4. The summed E-state index contributed by atoms with van der Waals surface area (Å²) in [5, 5.41) is 5.35. The fourth-order valence-corrected chi connectivity index (χ4v) is 2.63. The van der Waals surface area contributed by atoms with E-state index in [-0.39, 0.29) is 0 Å². The number of aryl methyl sites for hydroxylation is 1. The zero-order chi connectivity index (χ0) is 17.9. The van der Waals surface area contributed by atoms with Crippen molar-refractivity contribution in [2.45, 2.75) is 6.92 Å². The lowest BCUT2D eigenvalue weighted by Gasteiger charge is -2.12. The van der Waals surface area contributed by atoms with Crippen LogP contribution >= 0.6 is 0 Å². The second-order valence-corrected chi connectivity index (χ2v) is 5.85. The average molecular weight is 343 g/mol. The summed E-state index contributed by atoms with van der Waals surface area (Å²) in [4.78, 5) is 12.7. The van der Waals surface area contributed by atoms with Crippen LogP contribution in [0.5, 0.6) is 11.6 Å². The Morgan fingerprint density at radius 2 is 1.73 bits per heavy atom. The molecule has 26 heavy (non-hydrogen) atoms. The largest absolute Gasteiger partial charge is 0.437 e. The van der Waals surface area contributed by atoms with E-state index in [1.807, 2.05) is 55.5 Å². The zero-order valence-corrected chi connectivity index (χ0v) is 14.2. The standard InChI is InChI=1S/C20H17N5O/c1-13-5-4-10-22-18(13)25-19-17(21)20(24-12-23-19)26-16-9-8-14-6-2-3-7-15(14)11-16/h2-12H,21H2,1H3,(H,22,23,24,25). The third-order valence-corrected chi connectivity index (χ3v) is 4.03. The van der Waals surface area contributed by atoms with E-state index in [2.05, 4.69) is 26.3 Å². The fourth-order valence-electron chi connectivity index (χ4n) is 2.63. The highest BCUT2D eigenvalue weighted by Crippen LogP contribution is 2.32. The number of anilines is 3. The first kappa shape index (κ1) is 15.8. The van der Waals surface area contributed by atoms with Crippen molar-refractivity contribution in [3.63, 3.8) is 0 Å². The summed E-state index contributed by atoms with van der Waals surface area (Å²) in [5.74, 6) is 2.10. The first-order chi connectivity index (χ1) is 12.7. The third-order valence-electron chi connectivity index (χ3n) is 4.03. The number of nitrogens with zero attached hydrogens (tertiary/aromatic N) is 3. The van der Waals surface area contributed by atoms with Crippen molar-refractivity contribution in [3.8, 4) is 11.6 Å². The van der Waals surface area contributed by atoms with Crippen LogP contribution in [-0.2, 0) is 0 Å². The number of benzene rings is 2. The maximum atomic E-state index is 6.20. The first-order valence-electron chi connectivity index (χ1n) is 8.16. The lowest BCUT2D eigenvalue weighted by atomic mass is 10.1. The molecule has 2 aromatic heterocycles. The minimum absolute atomic E-state index is 0.298. The number of fused-ring (bicyclic) bond motifs is 1. The van der Waals surface area contributed by atoms with Gasteiger partial charge >= 0.3 is 0 Å². The van der Waals surface area contributed by atoms with E-state index in [0.29, 0.717) is 29.0 Å². The smallest absolute Gasteiger partial charge is 0.248 e. The van der Waals surface area contributed by atoms with E-state index in [0.717, 1.165) is 16.3 Å². The number of nitrogens with two attached hydrogens (primary N) is 1. The molecule has 0 fully saturated rings. The molecule has 2 heterocycles. The topological polar surface area (TPSA) is 86.0 Å². The van der Waals surface area contributed by atoms with Gasteiger partial charge in [-0.15, -0.1) is 0 Å². The second-order valence-electron chi connectivity index (χ2n) is 5.85. The van der Waals surface area contributed by atoms with Gasteiger partial charge in [0.05, 0.1) is 0 Å². The van der Waals surface area contributed by atoms with Crippen LogP contribution in [0.4, 0.5) is 17.3 Å². The van der Waals surface area contributed by atoms with E-state index >= 15 is 0 Å². The van der Waals surface area contributed by atoms with Gasteiger partial charge in [-0.25, -0.2) is 9.97 Å². The molecule has 0 radical (unpaired) electrons. The number of hydrogen-bond donors (Lipinski definition) is 2. The molecular weight excluding hydrogens is 326 g/mol. The second kappa shape index (κ2) is 6.68. The van der Waals surface area contributed by atoms with Gasteiger partial charge in [0.15, 0.2) is 5.82 Å². The molecule has 0 unspecified atom stereocenters. The van der Waals surface area contributed by atoms with Crippen LogP contribution in [0.15, 0.2) is 67.1 Å². The Hall–Kier alpha value is -3.67. The van der Waals surface area contributed by atoms with Gasteiger partial charge in [0.1, 0.15) is 23.6 Å². The molecule has 0 saturated heterocycles. The van der Waals surface area contributed by atoms with Crippen LogP contribution in [-0.4, -0.2) is 15.0 Å². The molecule has 2 aromatic carbocycles. The Morgan fingerprint density at radius 3 is 2.58 bits per heavy atom. The van der Waals surface area contributed by atoms with Crippen LogP contribution in [0.3, 0.4) is 0 Å². The van der Waals surface area contributed by atoms with E-state index < -0.39 is 0 Å². The molecule has 6 nitrogen and oxygen atoms in total. The molecule has 3 N–H and O–H groups in total. The number of hydrogen-bond acceptors (Lipinski definition) is 6. The maximum absolute atomic E-state index is 6.20. The van der Waals surface area contributed by atoms with Gasteiger partial charge in [-0.05, 0) is 41.5 Å². The van der Waals surface area contributed by atoms with Gasteiger partial charge in [-0.3, -0.25) is 0 Å². The summed E-state index contributed by atoms with van der Waals surface area (Å²) in [6.07, 6.45) is 3.12. The van der Waals surface area contributed by atoms with Gasteiger partial charge in [-0.2, -0.15) is 4.98 Å². The van der Waals surface area contributed by atoms with Gasteiger partial charge in [0, 0.05) is 6.20 Å². The highest BCUT2D eigenvalue weighted by Gasteiger charge is 2.12. The number of pyridine rings is 1. The Kier molecular flexibility index (Phi) is 4.07. The lowest BCUT2D eigenvalue weighted by Crippen LogP contribution is -2.04. The third kappa shape index (κ3) is 3.12. The molecule has 0 atom stereocenters. The SMILES string of the molecule is Cc1cccnc1Nc1ncnc(Oc2ccc3ccccc3c2)c1N. The average Bonchev–Trinajstić information content (AvgIpc) is 2.66. The normalized spacial score (nSPS) is 10.7. The Labute approximate surface area is 150 Å². The summed E-state index contributed by atoms with van der Waals surface area (Å²) < 4.78 is 5.89. The Balaban J connectivity index is 1.63. The van der Waals surface area contributed by atoms with Gasteiger partial charge in [0.25, 0.3) is 0 Å². The van der Waals surface area contributed by atoms with Gasteiger partial charge < -0.3 is 15.8 Å². The summed E-state index contributed by atoms with van der Waals surface area (Å²) in [5.41, 5.74) is 7.51. The van der Waals surface area contributed by atoms with Gasteiger partial charge in [-0.1, -0.05) is 36.4 Å². The predicted molar refractivity (Wildman–Crippen MR) is 103 cm³/mol. The van der Waals surface area contributed by atoms with E-state index in [1.165, 1.54) is 6.33 Å². The van der Waals surface area contributed by atoms with Crippen molar-refractivity contribution in [2.75, 3.05) is 11.1 Å². The van der Waals surface area contributed by atoms with Crippen LogP contribution < -0.4 is 15.8 Å². The zero-order valence-electron chi connectivity index (χ0n) is 14.2. The summed E-state index contributed by atoms with van der Waals surface area (Å²) in [6.45, 7) is 1.96. The number of aromatic nitrogens is 3. The molecule has 0 bridgehead atoms. The molecule has 4 aromatic rings. The lowest BCUT2D eigenvalue weighted by molar-refractivity contribution is 0.465. The van der Waals surface area contributed by atoms with Crippen molar-refractivity contribution < 1.29 is 4.74 Å². The van der Waals surface area contributed by atoms with E-state index in [9.17, 15) is 0 Å². The van der Waals surface area contributed by atoms with Crippen LogP contribution in [0.2, 0.25) is 0 Å². The molecule has 0 aliphatic heterocycles. The molecule has 0 spiro atoms. The van der Waals surface area contributed by atoms with Gasteiger partial charge in [0.2, 0.25) is 5.88 Å². The molecule has 0 aliphatic rings. The highest BCUT2D eigenvalue weighted by molar-refractivity contribution is 5.84. The molecule has 4 rings (SSSR count). The highest BCUT2D eigenvalue weighted by atomic mass is 16.5. The predicted octanol–water partition coefficient (Wildman–Crippen LogP) is 4.45. The first-order valence-corrected chi connectivity index (χ1v) is 8.16. The van der Waals surface area contributed by atoms with Crippen LogP contribution in [0.1, 0.15) is 5.56 Å². The maximum Gasteiger partial charge on any atom is 0.248 e. The minimum atomic E-state index is 0.298. The molecule has 0 saturated carbocycles. The number of ether oxygens (including phenoxy) is 1. The van der Waals surface area contributed by atoms with E-state index in [4.69, 9.17) is 10.5 Å². The quantitative estimate of drug-likeness (QED) is 0.569. The molecule has 128 valence electrons. The summed E-state index contributed by atoms with van der Waals surface area (Å²) >= 11 is 0. The summed E-state index contributed by atoms with van der Waals surface area (Å²) in [7, 11) is 0. The Bertz CT molecular complexity index is 1080. The van der Waals surface area contributed by atoms with Crippen molar-refractivity contribution >= 4 is 28.1 Å². The van der Waals surface area contributed by atoms with Crippen LogP contribution in [0.25, 0.3) is 10.8 Å².